The fourth-order valence-corrected chi connectivity index (χ4v) is 5.33. The van der Waals surface area contributed by atoms with Crippen molar-refractivity contribution in [3.8, 4) is 0 Å². The van der Waals surface area contributed by atoms with Crippen molar-refractivity contribution in [3.05, 3.63) is 0 Å². The first-order chi connectivity index (χ1) is 13.7. The summed E-state index contributed by atoms with van der Waals surface area (Å²) in [5, 5.41) is 14.2. The lowest BCUT2D eigenvalue weighted by molar-refractivity contribution is -0.0916. The highest BCUT2D eigenvalue weighted by Crippen LogP contribution is 2.31. The van der Waals surface area contributed by atoms with Gasteiger partial charge in [0.25, 0.3) is 0 Å². The number of hydrogen-bond donors (Lipinski definition) is 4. The number of hydrogen-bond acceptors (Lipinski definition) is 7. The van der Waals surface area contributed by atoms with Gasteiger partial charge in [0.05, 0.1) is 25.0 Å². The summed E-state index contributed by atoms with van der Waals surface area (Å²) in [6.07, 6.45) is 10.9. The molecule has 7 nitrogen and oxygen atoms in total. The maximum atomic E-state index is 6.47. The molecule has 0 amide bonds. The predicted octanol–water partition coefficient (Wildman–Crippen LogP) is 0.815. The van der Waals surface area contributed by atoms with Crippen LogP contribution in [0.3, 0.4) is 0 Å². The summed E-state index contributed by atoms with van der Waals surface area (Å²) in [6, 6.07) is 1.34. The molecule has 162 valence electrons. The van der Waals surface area contributed by atoms with Gasteiger partial charge in [0, 0.05) is 32.3 Å². The molecule has 4 N–H and O–H groups in total. The molecule has 0 spiro atoms. The summed E-state index contributed by atoms with van der Waals surface area (Å²) in [7, 11) is 3.85. The van der Waals surface area contributed by atoms with Crippen LogP contribution in [0.1, 0.15) is 51.4 Å². The lowest BCUT2D eigenvalue weighted by atomic mass is 9.90. The second-order valence-corrected chi connectivity index (χ2v) is 9.24. The number of rotatable bonds is 8. The molecule has 2 heterocycles. The molecule has 2 saturated heterocycles. The summed E-state index contributed by atoms with van der Waals surface area (Å²) in [5.41, 5.74) is 0. The first-order valence-corrected chi connectivity index (χ1v) is 11.6. The van der Waals surface area contributed by atoms with Crippen LogP contribution in [0.4, 0.5) is 0 Å². The van der Waals surface area contributed by atoms with Crippen LogP contribution in [-0.4, -0.2) is 82.0 Å². The maximum Gasteiger partial charge on any atom is 0.113 e. The van der Waals surface area contributed by atoms with Crippen molar-refractivity contribution >= 4 is 0 Å². The van der Waals surface area contributed by atoms with Crippen molar-refractivity contribution in [2.45, 2.75) is 88.1 Å². The lowest BCUT2D eigenvalue weighted by Gasteiger charge is -2.40. The van der Waals surface area contributed by atoms with Gasteiger partial charge in [-0.2, -0.15) is 0 Å². The Morgan fingerprint density at radius 1 is 1.07 bits per heavy atom. The molecule has 0 aromatic rings. The van der Waals surface area contributed by atoms with Crippen LogP contribution in [0.2, 0.25) is 0 Å². The van der Waals surface area contributed by atoms with Crippen molar-refractivity contribution < 1.29 is 9.47 Å². The highest BCUT2D eigenvalue weighted by Gasteiger charge is 2.35. The maximum absolute atomic E-state index is 6.47. The van der Waals surface area contributed by atoms with Crippen LogP contribution in [0, 0.1) is 5.92 Å². The Balaban J connectivity index is 1.22. The van der Waals surface area contributed by atoms with Gasteiger partial charge < -0.3 is 19.7 Å². The van der Waals surface area contributed by atoms with E-state index < -0.39 is 0 Å². The summed E-state index contributed by atoms with van der Waals surface area (Å²) >= 11 is 0. The second-order valence-electron chi connectivity index (χ2n) is 9.24. The molecule has 2 aliphatic carbocycles. The fraction of sp³-hybridized carbons (Fsp3) is 1.00. The number of nitrogens with one attached hydrogen (secondary N) is 4. The van der Waals surface area contributed by atoms with E-state index in [1.165, 1.54) is 38.8 Å². The van der Waals surface area contributed by atoms with Gasteiger partial charge in [0.2, 0.25) is 0 Å². The average Bonchev–Trinajstić information content (AvgIpc) is 3.13. The molecule has 4 fully saturated rings. The van der Waals surface area contributed by atoms with Gasteiger partial charge in [-0.15, -0.1) is 0 Å². The SMILES string of the molecule is CNC1CCNC(NC2CCC(OC)C(OC[C@@H]3CCN(C4CCC4)C3)C2)N1. The van der Waals surface area contributed by atoms with Crippen LogP contribution in [0.15, 0.2) is 0 Å². The van der Waals surface area contributed by atoms with E-state index in [1.54, 1.807) is 0 Å². The van der Waals surface area contributed by atoms with E-state index >= 15 is 0 Å². The third kappa shape index (κ3) is 5.25. The molecule has 6 atom stereocenters. The molecule has 28 heavy (non-hydrogen) atoms. The van der Waals surface area contributed by atoms with Crippen molar-refractivity contribution in [2.75, 3.05) is 40.4 Å². The van der Waals surface area contributed by atoms with Crippen LogP contribution < -0.4 is 21.3 Å². The third-order valence-electron chi connectivity index (χ3n) is 7.39. The highest BCUT2D eigenvalue weighted by atomic mass is 16.5. The minimum atomic E-state index is 0.168. The molecule has 0 bridgehead atoms. The van der Waals surface area contributed by atoms with E-state index in [0.717, 1.165) is 44.9 Å². The number of ether oxygens (including phenoxy) is 2. The molecule has 7 heteroatoms. The number of likely N-dealkylation sites (tertiary alicyclic amines) is 1. The zero-order chi connectivity index (χ0) is 19.3. The zero-order valence-corrected chi connectivity index (χ0v) is 17.8. The van der Waals surface area contributed by atoms with Crippen molar-refractivity contribution in [1.29, 1.82) is 0 Å². The third-order valence-corrected chi connectivity index (χ3v) is 7.39. The van der Waals surface area contributed by atoms with Crippen LogP contribution in [0.25, 0.3) is 0 Å². The monoisotopic (exact) mass is 395 g/mol. The summed E-state index contributed by atoms with van der Waals surface area (Å²) < 4.78 is 12.2. The summed E-state index contributed by atoms with van der Waals surface area (Å²) in [4.78, 5) is 2.70. The quantitative estimate of drug-likeness (QED) is 0.485. The summed E-state index contributed by atoms with van der Waals surface area (Å²) in [6.45, 7) is 4.43. The van der Waals surface area contributed by atoms with Crippen LogP contribution in [0.5, 0.6) is 0 Å². The Labute approximate surface area is 170 Å². The molecule has 0 radical (unpaired) electrons. The van der Waals surface area contributed by atoms with E-state index in [4.69, 9.17) is 9.47 Å². The minimum absolute atomic E-state index is 0.168. The van der Waals surface area contributed by atoms with Gasteiger partial charge >= 0.3 is 0 Å². The zero-order valence-electron chi connectivity index (χ0n) is 17.8. The molecule has 0 aromatic heterocycles. The standard InChI is InChI=1S/C21H41N5O2/c1-22-20-8-10-23-21(25-20)24-16-6-7-18(27-2)19(12-16)28-14-15-9-11-26(13-15)17-4-3-5-17/h15-25H,3-14H2,1-2H3/t15-,16?,18?,19?,20?,21?/m1/s1. The highest BCUT2D eigenvalue weighted by molar-refractivity contribution is 4.89. The van der Waals surface area contributed by atoms with Gasteiger partial charge in [-0.05, 0) is 64.5 Å². The fourth-order valence-electron chi connectivity index (χ4n) is 5.33. The topological polar surface area (TPSA) is 69.8 Å². The average molecular weight is 396 g/mol. The Kier molecular flexibility index (Phi) is 7.61. The van der Waals surface area contributed by atoms with Gasteiger partial charge in [-0.3, -0.25) is 16.0 Å². The molecule has 2 saturated carbocycles. The van der Waals surface area contributed by atoms with Gasteiger partial charge in [-0.1, -0.05) is 6.42 Å². The Hall–Kier alpha value is -0.280. The lowest BCUT2D eigenvalue weighted by Crippen LogP contribution is -2.66. The first-order valence-electron chi connectivity index (χ1n) is 11.6. The summed E-state index contributed by atoms with van der Waals surface area (Å²) in [5.74, 6) is 0.699. The van der Waals surface area contributed by atoms with Gasteiger partial charge in [0.15, 0.2) is 0 Å². The molecular weight excluding hydrogens is 354 g/mol. The molecule has 4 rings (SSSR count). The molecular formula is C21H41N5O2. The Bertz CT molecular complexity index is 478. The van der Waals surface area contributed by atoms with Gasteiger partial charge in [0.1, 0.15) is 6.29 Å². The van der Waals surface area contributed by atoms with Crippen LogP contribution >= 0.6 is 0 Å². The smallest absolute Gasteiger partial charge is 0.113 e. The van der Waals surface area contributed by atoms with E-state index in [0.29, 0.717) is 18.1 Å². The number of methoxy groups -OCH3 is 1. The molecule has 2 aliphatic heterocycles. The predicted molar refractivity (Wildman–Crippen MR) is 111 cm³/mol. The Morgan fingerprint density at radius 3 is 2.71 bits per heavy atom. The van der Waals surface area contributed by atoms with E-state index in [1.807, 2.05) is 14.2 Å². The largest absolute Gasteiger partial charge is 0.379 e. The van der Waals surface area contributed by atoms with E-state index in [2.05, 4.69) is 26.2 Å². The van der Waals surface area contributed by atoms with Crippen molar-refractivity contribution in [3.63, 3.8) is 0 Å². The van der Waals surface area contributed by atoms with Crippen molar-refractivity contribution in [2.24, 2.45) is 5.92 Å². The minimum Gasteiger partial charge on any atom is -0.379 e. The van der Waals surface area contributed by atoms with E-state index in [-0.39, 0.29) is 18.5 Å². The van der Waals surface area contributed by atoms with Gasteiger partial charge in [-0.25, -0.2) is 0 Å². The second kappa shape index (κ2) is 10.2. The normalized spacial score (nSPS) is 40.5. The Morgan fingerprint density at radius 2 is 1.96 bits per heavy atom. The molecule has 5 unspecified atom stereocenters. The molecule has 4 aliphatic rings. The van der Waals surface area contributed by atoms with E-state index in [9.17, 15) is 0 Å². The first kappa shape index (κ1) is 21.0. The van der Waals surface area contributed by atoms with Crippen LogP contribution in [-0.2, 0) is 9.47 Å². The molecule has 0 aromatic carbocycles. The number of nitrogens with zero attached hydrogens (tertiary/aromatic N) is 1. The van der Waals surface area contributed by atoms with Crippen molar-refractivity contribution in [1.82, 2.24) is 26.2 Å².